The van der Waals surface area contributed by atoms with Crippen molar-refractivity contribution in [1.29, 1.82) is 0 Å². The van der Waals surface area contributed by atoms with Crippen LogP contribution in [-0.2, 0) is 12.8 Å². The molecule has 2 unspecified atom stereocenters. The fourth-order valence-electron chi connectivity index (χ4n) is 3.84. The van der Waals surface area contributed by atoms with Crippen LogP contribution in [0.3, 0.4) is 0 Å². The molecule has 2 atom stereocenters. The average molecular weight is 322 g/mol. The van der Waals surface area contributed by atoms with Gasteiger partial charge in [-0.25, -0.2) is 0 Å². The van der Waals surface area contributed by atoms with Gasteiger partial charge < -0.3 is 10.2 Å². The van der Waals surface area contributed by atoms with Gasteiger partial charge in [0.15, 0.2) is 0 Å². The molecule has 126 valence electrons. The third-order valence-corrected chi connectivity index (χ3v) is 5.24. The van der Waals surface area contributed by atoms with Gasteiger partial charge in [0.25, 0.3) is 0 Å². The summed E-state index contributed by atoms with van der Waals surface area (Å²) in [7, 11) is 0. The Morgan fingerprint density at radius 2 is 1.12 bits per heavy atom. The van der Waals surface area contributed by atoms with Gasteiger partial charge in [0, 0.05) is 12.8 Å². The monoisotopic (exact) mass is 322 g/mol. The summed E-state index contributed by atoms with van der Waals surface area (Å²) < 4.78 is 0. The fraction of sp³-hybridized carbons (Fsp3) is 0.364. The average Bonchev–Trinajstić information content (AvgIpc) is 2.54. The highest BCUT2D eigenvalue weighted by molar-refractivity contribution is 5.44. The third kappa shape index (κ3) is 3.17. The lowest BCUT2D eigenvalue weighted by molar-refractivity contribution is 0.0861. The summed E-state index contributed by atoms with van der Waals surface area (Å²) in [5.74, 6) is 0. The summed E-state index contributed by atoms with van der Waals surface area (Å²) in [4.78, 5) is 0. The quantitative estimate of drug-likeness (QED) is 0.821. The molecule has 0 radical (unpaired) electrons. The Morgan fingerprint density at radius 3 is 1.46 bits per heavy atom. The molecule has 0 aromatic heterocycles. The summed E-state index contributed by atoms with van der Waals surface area (Å²) >= 11 is 0. The molecule has 24 heavy (non-hydrogen) atoms. The third-order valence-electron chi connectivity index (χ3n) is 5.24. The molecule has 1 aromatic rings. The molecule has 0 spiro atoms. The van der Waals surface area contributed by atoms with Crippen molar-refractivity contribution in [2.45, 2.75) is 49.7 Å². The predicted octanol–water partition coefficient (Wildman–Crippen LogP) is 4.05. The molecule has 0 saturated carbocycles. The largest absolute Gasteiger partial charge is 0.381 e. The van der Waals surface area contributed by atoms with E-state index in [2.05, 4.69) is 37.4 Å². The zero-order chi connectivity index (χ0) is 17.2. The van der Waals surface area contributed by atoms with E-state index in [4.69, 9.17) is 0 Å². The van der Waals surface area contributed by atoms with Crippen molar-refractivity contribution in [3.63, 3.8) is 0 Å². The van der Waals surface area contributed by atoms with Gasteiger partial charge in [-0.3, -0.25) is 0 Å². The SMILES string of the molecule is C=CCC1(O)C=C2CCc3ccc(cc3)CCC1=CC2(O)CC=C. The molecule has 0 aliphatic heterocycles. The molecule has 2 N–H and O–H groups in total. The van der Waals surface area contributed by atoms with Crippen molar-refractivity contribution >= 4 is 0 Å². The van der Waals surface area contributed by atoms with Crippen LogP contribution in [0.25, 0.3) is 0 Å². The number of hydrogen-bond acceptors (Lipinski definition) is 2. The summed E-state index contributed by atoms with van der Waals surface area (Å²) in [5.41, 5.74) is 2.18. The Morgan fingerprint density at radius 1 is 0.750 bits per heavy atom. The first-order chi connectivity index (χ1) is 11.5. The summed E-state index contributed by atoms with van der Waals surface area (Å²) in [5, 5.41) is 22.4. The maximum atomic E-state index is 11.2. The highest BCUT2D eigenvalue weighted by Crippen LogP contribution is 2.41. The van der Waals surface area contributed by atoms with Gasteiger partial charge in [-0.15, -0.1) is 13.2 Å². The molecule has 0 amide bonds. The molecule has 0 saturated heterocycles. The van der Waals surface area contributed by atoms with Gasteiger partial charge in [0.2, 0.25) is 0 Å². The van der Waals surface area contributed by atoms with Gasteiger partial charge in [0.05, 0.1) is 0 Å². The molecular weight excluding hydrogens is 296 g/mol. The van der Waals surface area contributed by atoms with Crippen LogP contribution in [0, 0.1) is 0 Å². The maximum absolute atomic E-state index is 11.2. The first-order valence-corrected chi connectivity index (χ1v) is 8.68. The standard InChI is InChI=1S/C22H26O2/c1-3-13-21(23)15-20-12-10-18-7-5-17(6-8-18)9-11-19(21)16-22(20,24)14-4-2/h3-8,15-16,23-24H,1-2,9-14H2. The fourth-order valence-corrected chi connectivity index (χ4v) is 3.84. The van der Waals surface area contributed by atoms with Gasteiger partial charge in [0.1, 0.15) is 11.2 Å². The van der Waals surface area contributed by atoms with Crippen LogP contribution in [0.15, 0.2) is 72.9 Å². The zero-order valence-corrected chi connectivity index (χ0v) is 14.2. The number of aliphatic hydroxyl groups is 2. The van der Waals surface area contributed by atoms with E-state index >= 15 is 0 Å². The molecule has 1 aromatic carbocycles. The Hall–Kier alpha value is -1.90. The van der Waals surface area contributed by atoms with Crippen LogP contribution in [0.1, 0.15) is 36.8 Å². The van der Waals surface area contributed by atoms with Gasteiger partial charge >= 0.3 is 0 Å². The summed E-state index contributed by atoms with van der Waals surface area (Å²) in [6.45, 7) is 7.59. The molecule has 0 heterocycles. The zero-order valence-electron chi connectivity index (χ0n) is 14.2. The smallest absolute Gasteiger partial charge is 0.108 e. The second kappa shape index (κ2) is 6.54. The van der Waals surface area contributed by atoms with Crippen molar-refractivity contribution < 1.29 is 10.2 Å². The Kier molecular flexibility index (Phi) is 4.62. The summed E-state index contributed by atoms with van der Waals surface area (Å²) in [6.07, 6.45) is 11.3. The van der Waals surface area contributed by atoms with Gasteiger partial charge in [-0.2, -0.15) is 0 Å². The normalized spacial score (nSPS) is 29.2. The van der Waals surface area contributed by atoms with Crippen LogP contribution >= 0.6 is 0 Å². The van der Waals surface area contributed by atoms with Crippen LogP contribution in [0.2, 0.25) is 0 Å². The van der Waals surface area contributed by atoms with Gasteiger partial charge in [-0.1, -0.05) is 36.4 Å². The summed E-state index contributed by atoms with van der Waals surface area (Å²) in [6, 6.07) is 8.67. The van der Waals surface area contributed by atoms with E-state index in [1.807, 2.05) is 12.2 Å². The topological polar surface area (TPSA) is 40.5 Å². The number of rotatable bonds is 4. The Bertz CT molecular complexity index is 634. The molecule has 6 rings (SSSR count). The minimum Gasteiger partial charge on any atom is -0.381 e. The van der Waals surface area contributed by atoms with E-state index < -0.39 is 11.2 Å². The Balaban J connectivity index is 2.09. The minimum absolute atomic E-state index is 0.462. The number of aryl methyl sites for hydroxylation is 2. The molecule has 2 heteroatoms. The minimum atomic E-state index is -1.04. The van der Waals surface area contributed by atoms with Crippen molar-refractivity contribution in [3.8, 4) is 0 Å². The van der Waals surface area contributed by atoms with Crippen LogP contribution in [-0.4, -0.2) is 21.4 Å². The van der Waals surface area contributed by atoms with Crippen molar-refractivity contribution in [3.05, 3.63) is 84.0 Å². The lowest BCUT2D eigenvalue weighted by atomic mass is 9.71. The second-order valence-electron chi connectivity index (χ2n) is 6.99. The maximum Gasteiger partial charge on any atom is 0.108 e. The first-order valence-electron chi connectivity index (χ1n) is 8.68. The molecular formula is C22H26O2. The van der Waals surface area contributed by atoms with Crippen molar-refractivity contribution in [2.75, 3.05) is 0 Å². The van der Waals surface area contributed by atoms with Crippen molar-refractivity contribution in [1.82, 2.24) is 0 Å². The van der Waals surface area contributed by atoms with E-state index in [9.17, 15) is 10.2 Å². The number of benzene rings is 1. The van der Waals surface area contributed by atoms with E-state index in [0.29, 0.717) is 25.7 Å². The van der Waals surface area contributed by atoms with Crippen LogP contribution in [0.5, 0.6) is 0 Å². The predicted molar refractivity (Wildman–Crippen MR) is 98.8 cm³/mol. The van der Waals surface area contributed by atoms with Crippen LogP contribution < -0.4 is 0 Å². The van der Waals surface area contributed by atoms with Crippen LogP contribution in [0.4, 0.5) is 0 Å². The van der Waals surface area contributed by atoms with E-state index in [1.54, 1.807) is 12.2 Å². The molecule has 2 nitrogen and oxygen atoms in total. The van der Waals surface area contributed by atoms with E-state index in [-0.39, 0.29) is 0 Å². The second-order valence-corrected chi connectivity index (χ2v) is 6.99. The van der Waals surface area contributed by atoms with Gasteiger partial charge in [-0.05, 0) is 60.1 Å². The van der Waals surface area contributed by atoms with E-state index in [0.717, 1.165) is 24.0 Å². The number of hydrogen-bond donors (Lipinski definition) is 2. The molecule has 4 bridgehead atoms. The van der Waals surface area contributed by atoms with E-state index in [1.165, 1.54) is 11.1 Å². The highest BCUT2D eigenvalue weighted by Gasteiger charge is 2.40. The Labute approximate surface area is 144 Å². The lowest BCUT2D eigenvalue weighted by Crippen LogP contribution is -2.41. The lowest BCUT2D eigenvalue weighted by Gasteiger charge is -2.40. The molecule has 0 fully saturated rings. The highest BCUT2D eigenvalue weighted by atomic mass is 16.3. The molecule has 5 aliphatic rings. The van der Waals surface area contributed by atoms with Crippen molar-refractivity contribution in [2.24, 2.45) is 0 Å². The first kappa shape index (κ1) is 16.9. The molecule has 5 aliphatic carbocycles.